The van der Waals surface area contributed by atoms with Crippen molar-refractivity contribution in [3.05, 3.63) is 23.8 Å². The highest BCUT2D eigenvalue weighted by atomic mass is 32.2. The lowest BCUT2D eigenvalue weighted by atomic mass is 10.1. The summed E-state index contributed by atoms with van der Waals surface area (Å²) in [6.45, 7) is 4.00. The molecule has 1 aromatic rings. The fraction of sp³-hybridized carbons (Fsp3) is 0.500. The monoisotopic (exact) mass is 314 g/mol. The number of primary sulfonamides is 1. The van der Waals surface area contributed by atoms with E-state index < -0.39 is 10.0 Å². The standard InChI is InChI=1S/C14H22N2O4S/c1-4-11(5-2)16-14(17)9-10-6-7-12(20-3)13(8-10)21(15,18)19/h6-8,11H,4-5,9H2,1-3H3,(H,16,17)(H2,15,18,19). The smallest absolute Gasteiger partial charge is 0.241 e. The summed E-state index contributed by atoms with van der Waals surface area (Å²) in [4.78, 5) is 11.8. The largest absolute Gasteiger partial charge is 0.495 e. The third-order valence-corrected chi connectivity index (χ3v) is 4.18. The average molecular weight is 314 g/mol. The number of hydrogen-bond donors (Lipinski definition) is 2. The van der Waals surface area contributed by atoms with Crippen LogP contribution in [0, 0.1) is 0 Å². The Labute approximate surface area is 125 Å². The Morgan fingerprint density at radius 2 is 1.95 bits per heavy atom. The van der Waals surface area contributed by atoms with Crippen molar-refractivity contribution in [2.75, 3.05) is 7.11 Å². The maximum Gasteiger partial charge on any atom is 0.241 e. The van der Waals surface area contributed by atoms with E-state index in [-0.39, 0.29) is 29.0 Å². The first kappa shape index (κ1) is 17.5. The molecule has 0 bridgehead atoms. The number of hydrogen-bond acceptors (Lipinski definition) is 4. The van der Waals surface area contributed by atoms with E-state index >= 15 is 0 Å². The van der Waals surface area contributed by atoms with E-state index in [0.717, 1.165) is 12.8 Å². The Kier molecular flexibility index (Phi) is 6.17. The SMILES string of the molecule is CCC(CC)NC(=O)Cc1ccc(OC)c(S(N)(=O)=O)c1. The molecule has 0 radical (unpaired) electrons. The molecule has 1 amide bonds. The number of amides is 1. The third-order valence-electron chi connectivity index (χ3n) is 3.25. The number of nitrogens with two attached hydrogens (primary N) is 1. The van der Waals surface area contributed by atoms with Gasteiger partial charge in [0.15, 0.2) is 0 Å². The number of carbonyl (C=O) groups excluding carboxylic acids is 1. The summed E-state index contributed by atoms with van der Waals surface area (Å²) in [5.74, 6) is 0.0240. The number of rotatable bonds is 7. The lowest BCUT2D eigenvalue weighted by Crippen LogP contribution is -2.34. The number of nitrogens with one attached hydrogen (secondary N) is 1. The number of sulfonamides is 1. The fourth-order valence-electron chi connectivity index (χ4n) is 2.01. The number of methoxy groups -OCH3 is 1. The maximum absolute atomic E-state index is 11.9. The van der Waals surface area contributed by atoms with Crippen LogP contribution < -0.4 is 15.2 Å². The molecule has 1 rings (SSSR count). The molecule has 0 aromatic heterocycles. The Morgan fingerprint density at radius 1 is 1.33 bits per heavy atom. The van der Waals surface area contributed by atoms with Crippen LogP contribution in [0.4, 0.5) is 0 Å². The van der Waals surface area contributed by atoms with Crippen molar-refractivity contribution < 1.29 is 17.9 Å². The summed E-state index contributed by atoms with van der Waals surface area (Å²) in [5, 5.41) is 8.05. The first-order valence-corrected chi connectivity index (χ1v) is 8.35. The van der Waals surface area contributed by atoms with E-state index in [2.05, 4.69) is 5.32 Å². The Bertz CT molecular complexity index is 595. The van der Waals surface area contributed by atoms with Crippen LogP contribution in [0.5, 0.6) is 5.75 Å². The van der Waals surface area contributed by atoms with Gasteiger partial charge in [-0.2, -0.15) is 0 Å². The summed E-state index contributed by atoms with van der Waals surface area (Å²) < 4.78 is 28.0. The molecule has 0 aliphatic rings. The van der Waals surface area contributed by atoms with Crippen LogP contribution in [0.15, 0.2) is 23.1 Å². The van der Waals surface area contributed by atoms with Crippen molar-refractivity contribution in [2.24, 2.45) is 5.14 Å². The highest BCUT2D eigenvalue weighted by Crippen LogP contribution is 2.23. The molecule has 0 spiro atoms. The van der Waals surface area contributed by atoms with Crippen LogP contribution in [-0.4, -0.2) is 27.5 Å². The highest BCUT2D eigenvalue weighted by Gasteiger charge is 2.17. The molecule has 0 fully saturated rings. The van der Waals surface area contributed by atoms with Crippen LogP contribution in [0.25, 0.3) is 0 Å². The van der Waals surface area contributed by atoms with Crippen molar-refractivity contribution in [3.63, 3.8) is 0 Å². The Morgan fingerprint density at radius 3 is 2.43 bits per heavy atom. The van der Waals surface area contributed by atoms with Gasteiger partial charge >= 0.3 is 0 Å². The van der Waals surface area contributed by atoms with Crippen molar-refractivity contribution in [1.29, 1.82) is 0 Å². The minimum atomic E-state index is -3.89. The van der Waals surface area contributed by atoms with Gasteiger partial charge in [0.2, 0.25) is 15.9 Å². The molecule has 1 aromatic carbocycles. The number of carbonyl (C=O) groups is 1. The summed E-state index contributed by atoms with van der Waals surface area (Å²) in [7, 11) is -2.53. The lowest BCUT2D eigenvalue weighted by molar-refractivity contribution is -0.121. The van der Waals surface area contributed by atoms with E-state index in [9.17, 15) is 13.2 Å². The summed E-state index contributed by atoms with van der Waals surface area (Å²) in [5.41, 5.74) is 0.572. The molecule has 0 aliphatic carbocycles. The molecular weight excluding hydrogens is 292 g/mol. The zero-order valence-corrected chi connectivity index (χ0v) is 13.4. The molecule has 0 aliphatic heterocycles. The number of benzene rings is 1. The molecule has 0 unspecified atom stereocenters. The van der Waals surface area contributed by atoms with Gasteiger partial charge in [0.25, 0.3) is 0 Å². The topological polar surface area (TPSA) is 98.5 Å². The Hall–Kier alpha value is -1.60. The highest BCUT2D eigenvalue weighted by molar-refractivity contribution is 7.89. The average Bonchev–Trinajstić information content (AvgIpc) is 2.43. The second-order valence-corrected chi connectivity index (χ2v) is 6.32. The van der Waals surface area contributed by atoms with Crippen LogP contribution >= 0.6 is 0 Å². The van der Waals surface area contributed by atoms with Crippen LogP contribution in [0.1, 0.15) is 32.3 Å². The van der Waals surface area contributed by atoms with Gasteiger partial charge < -0.3 is 10.1 Å². The van der Waals surface area contributed by atoms with Crippen LogP contribution in [0.2, 0.25) is 0 Å². The quantitative estimate of drug-likeness (QED) is 0.789. The van der Waals surface area contributed by atoms with E-state index in [1.165, 1.54) is 19.2 Å². The minimum Gasteiger partial charge on any atom is -0.495 e. The van der Waals surface area contributed by atoms with E-state index in [1.54, 1.807) is 6.07 Å². The molecule has 21 heavy (non-hydrogen) atoms. The zero-order valence-electron chi connectivity index (χ0n) is 12.5. The molecule has 118 valence electrons. The molecule has 7 heteroatoms. The number of ether oxygens (including phenoxy) is 1. The van der Waals surface area contributed by atoms with Gasteiger partial charge in [0.05, 0.1) is 13.5 Å². The zero-order chi connectivity index (χ0) is 16.0. The van der Waals surface area contributed by atoms with E-state index in [4.69, 9.17) is 9.88 Å². The van der Waals surface area contributed by atoms with Gasteiger partial charge in [0, 0.05) is 6.04 Å². The second kappa shape index (κ2) is 7.42. The normalized spacial score (nSPS) is 11.5. The molecular formula is C14H22N2O4S. The lowest BCUT2D eigenvalue weighted by Gasteiger charge is -2.15. The summed E-state index contributed by atoms with van der Waals surface area (Å²) in [6.07, 6.45) is 1.81. The minimum absolute atomic E-state index is 0.100. The Balaban J connectivity index is 2.93. The van der Waals surface area contributed by atoms with Crippen molar-refractivity contribution in [1.82, 2.24) is 5.32 Å². The predicted molar refractivity (Wildman–Crippen MR) is 80.6 cm³/mol. The van der Waals surface area contributed by atoms with E-state index in [1.807, 2.05) is 13.8 Å². The van der Waals surface area contributed by atoms with Gasteiger partial charge in [-0.3, -0.25) is 4.79 Å². The van der Waals surface area contributed by atoms with Crippen LogP contribution in [-0.2, 0) is 21.2 Å². The van der Waals surface area contributed by atoms with E-state index in [0.29, 0.717) is 5.56 Å². The molecule has 0 atom stereocenters. The third kappa shape index (κ3) is 5.02. The fourth-order valence-corrected chi connectivity index (χ4v) is 2.76. The molecule has 0 saturated heterocycles. The molecule has 0 heterocycles. The van der Waals surface area contributed by atoms with Gasteiger partial charge in [-0.05, 0) is 30.5 Å². The predicted octanol–water partition coefficient (Wildman–Crippen LogP) is 1.19. The van der Waals surface area contributed by atoms with Crippen molar-refractivity contribution in [2.45, 2.75) is 44.0 Å². The van der Waals surface area contributed by atoms with Gasteiger partial charge in [-0.15, -0.1) is 0 Å². The van der Waals surface area contributed by atoms with Gasteiger partial charge in [0.1, 0.15) is 10.6 Å². The second-order valence-electron chi connectivity index (χ2n) is 4.79. The van der Waals surface area contributed by atoms with Gasteiger partial charge in [-0.1, -0.05) is 19.9 Å². The first-order chi connectivity index (χ1) is 9.81. The molecule has 3 N–H and O–H groups in total. The first-order valence-electron chi connectivity index (χ1n) is 6.80. The summed E-state index contributed by atoms with van der Waals surface area (Å²) in [6, 6.07) is 4.66. The molecule has 6 nitrogen and oxygen atoms in total. The van der Waals surface area contributed by atoms with Crippen molar-refractivity contribution in [3.8, 4) is 5.75 Å². The van der Waals surface area contributed by atoms with Crippen molar-refractivity contribution >= 4 is 15.9 Å². The van der Waals surface area contributed by atoms with Crippen LogP contribution in [0.3, 0.4) is 0 Å². The maximum atomic E-state index is 11.9. The summed E-state index contributed by atoms with van der Waals surface area (Å²) >= 11 is 0. The van der Waals surface area contributed by atoms with Gasteiger partial charge in [-0.25, -0.2) is 13.6 Å². The molecule has 0 saturated carbocycles.